The van der Waals surface area contributed by atoms with Gasteiger partial charge < -0.3 is 15.4 Å². The van der Waals surface area contributed by atoms with Gasteiger partial charge in [0.1, 0.15) is 13.2 Å². The number of benzene rings is 2. The highest BCUT2D eigenvalue weighted by Crippen LogP contribution is 2.25. The SMILES string of the molecule is Cl.N[C@@]1(CCc2ccccc2)CCCN(CC(=O)OCc2ccccc2)C1=O. The van der Waals surface area contributed by atoms with Crippen molar-refractivity contribution >= 4 is 24.3 Å². The molecule has 1 amide bonds. The summed E-state index contributed by atoms with van der Waals surface area (Å²) in [4.78, 5) is 26.6. The van der Waals surface area contributed by atoms with Gasteiger partial charge in [-0.15, -0.1) is 12.4 Å². The van der Waals surface area contributed by atoms with E-state index in [2.05, 4.69) is 0 Å². The normalized spacial score (nSPS) is 19.0. The Bertz CT molecular complexity index is 770. The molecule has 0 saturated carbocycles. The highest BCUT2D eigenvalue weighted by Gasteiger charge is 2.40. The standard InChI is InChI=1S/C22H26N2O3.ClH/c23-22(14-12-18-8-3-1-4-9-18)13-7-15-24(21(22)26)16-20(25)27-17-19-10-5-2-6-11-19;/h1-6,8-11H,7,12-17,23H2;1H/t22-;/m1./s1. The highest BCUT2D eigenvalue weighted by atomic mass is 35.5. The molecule has 6 heteroatoms. The van der Waals surface area contributed by atoms with E-state index < -0.39 is 11.5 Å². The maximum absolute atomic E-state index is 12.9. The van der Waals surface area contributed by atoms with E-state index in [4.69, 9.17) is 10.5 Å². The molecule has 1 aliphatic heterocycles. The number of piperidine rings is 1. The minimum Gasteiger partial charge on any atom is -0.459 e. The molecule has 28 heavy (non-hydrogen) atoms. The Morgan fingerprint density at radius 1 is 1.04 bits per heavy atom. The zero-order valence-electron chi connectivity index (χ0n) is 15.9. The molecule has 1 heterocycles. The van der Waals surface area contributed by atoms with Gasteiger partial charge in [0, 0.05) is 6.54 Å². The van der Waals surface area contributed by atoms with Crippen LogP contribution in [0.2, 0.25) is 0 Å². The molecule has 0 bridgehead atoms. The quantitative estimate of drug-likeness (QED) is 0.722. The molecule has 5 nitrogen and oxygen atoms in total. The van der Waals surface area contributed by atoms with E-state index in [0.717, 1.165) is 24.0 Å². The van der Waals surface area contributed by atoms with Gasteiger partial charge in [-0.1, -0.05) is 60.7 Å². The summed E-state index contributed by atoms with van der Waals surface area (Å²) in [5, 5.41) is 0. The number of hydrogen-bond donors (Lipinski definition) is 1. The fraction of sp³-hybridized carbons (Fsp3) is 0.364. The Balaban J connectivity index is 0.00000280. The van der Waals surface area contributed by atoms with Crippen molar-refractivity contribution in [1.82, 2.24) is 4.90 Å². The predicted molar refractivity (Wildman–Crippen MR) is 111 cm³/mol. The third-order valence-corrected chi connectivity index (χ3v) is 5.03. The summed E-state index contributed by atoms with van der Waals surface area (Å²) in [6, 6.07) is 19.5. The van der Waals surface area contributed by atoms with Gasteiger partial charge in [0.15, 0.2) is 0 Å². The van der Waals surface area contributed by atoms with Crippen LogP contribution in [-0.4, -0.2) is 35.4 Å². The van der Waals surface area contributed by atoms with Crippen molar-refractivity contribution < 1.29 is 14.3 Å². The van der Waals surface area contributed by atoms with Gasteiger partial charge in [-0.05, 0) is 36.8 Å². The molecule has 2 aromatic carbocycles. The van der Waals surface area contributed by atoms with E-state index in [-0.39, 0.29) is 31.5 Å². The summed E-state index contributed by atoms with van der Waals surface area (Å²) >= 11 is 0. The number of aryl methyl sites for hydroxylation is 1. The lowest BCUT2D eigenvalue weighted by molar-refractivity contribution is -0.153. The topological polar surface area (TPSA) is 72.6 Å². The Morgan fingerprint density at radius 3 is 2.29 bits per heavy atom. The van der Waals surface area contributed by atoms with E-state index in [0.29, 0.717) is 19.4 Å². The summed E-state index contributed by atoms with van der Waals surface area (Å²) in [5.74, 6) is -0.555. The minimum absolute atomic E-state index is 0. The molecular weight excluding hydrogens is 376 g/mol. The van der Waals surface area contributed by atoms with E-state index in [1.807, 2.05) is 60.7 Å². The number of nitrogens with two attached hydrogens (primary N) is 1. The van der Waals surface area contributed by atoms with Crippen LogP contribution in [0.4, 0.5) is 0 Å². The molecular formula is C22H27ClN2O3. The average Bonchev–Trinajstić information content (AvgIpc) is 2.70. The van der Waals surface area contributed by atoms with Crippen molar-refractivity contribution in [1.29, 1.82) is 0 Å². The van der Waals surface area contributed by atoms with Crippen LogP contribution in [-0.2, 0) is 27.4 Å². The second kappa shape index (κ2) is 10.2. The second-order valence-electron chi connectivity index (χ2n) is 7.12. The Hall–Kier alpha value is -2.37. The zero-order valence-corrected chi connectivity index (χ0v) is 16.7. The van der Waals surface area contributed by atoms with Crippen molar-refractivity contribution in [2.75, 3.05) is 13.1 Å². The number of carbonyl (C=O) groups excluding carboxylic acids is 2. The van der Waals surface area contributed by atoms with Gasteiger partial charge in [-0.3, -0.25) is 9.59 Å². The molecule has 0 spiro atoms. The molecule has 0 aliphatic carbocycles. The summed E-state index contributed by atoms with van der Waals surface area (Å²) in [5.41, 5.74) is 7.61. The number of hydrogen-bond acceptors (Lipinski definition) is 4. The van der Waals surface area contributed by atoms with Gasteiger partial charge in [-0.25, -0.2) is 0 Å². The lowest BCUT2D eigenvalue weighted by atomic mass is 9.83. The number of likely N-dealkylation sites (tertiary alicyclic amines) is 1. The van der Waals surface area contributed by atoms with Crippen LogP contribution in [0.5, 0.6) is 0 Å². The monoisotopic (exact) mass is 402 g/mol. The van der Waals surface area contributed by atoms with Crippen LogP contribution in [0.1, 0.15) is 30.4 Å². The maximum atomic E-state index is 12.9. The molecule has 1 atom stereocenters. The van der Waals surface area contributed by atoms with Crippen molar-refractivity contribution in [3.8, 4) is 0 Å². The third kappa shape index (κ3) is 5.81. The van der Waals surface area contributed by atoms with Crippen molar-refractivity contribution in [3.63, 3.8) is 0 Å². The number of esters is 1. The lowest BCUT2D eigenvalue weighted by Crippen LogP contribution is -2.60. The van der Waals surface area contributed by atoms with Crippen LogP contribution in [0, 0.1) is 0 Å². The molecule has 1 aliphatic rings. The number of nitrogens with zero attached hydrogens (tertiary/aromatic N) is 1. The Kier molecular flexibility index (Phi) is 8.03. The van der Waals surface area contributed by atoms with Crippen molar-refractivity contribution in [2.45, 2.75) is 37.8 Å². The number of ether oxygens (including phenoxy) is 1. The summed E-state index contributed by atoms with van der Waals surface area (Å²) in [6.45, 7) is 0.711. The molecule has 0 unspecified atom stereocenters. The summed E-state index contributed by atoms with van der Waals surface area (Å²) in [6.07, 6.45) is 2.76. The molecule has 2 N–H and O–H groups in total. The first-order chi connectivity index (χ1) is 13.1. The maximum Gasteiger partial charge on any atom is 0.325 e. The fourth-order valence-corrected chi connectivity index (χ4v) is 3.44. The third-order valence-electron chi connectivity index (χ3n) is 5.03. The van der Waals surface area contributed by atoms with Gasteiger partial charge in [0.2, 0.25) is 5.91 Å². The molecule has 150 valence electrons. The van der Waals surface area contributed by atoms with Crippen molar-refractivity contribution in [2.24, 2.45) is 5.73 Å². The minimum atomic E-state index is -0.909. The number of amides is 1. The Labute approximate surface area is 172 Å². The van der Waals surface area contributed by atoms with Gasteiger partial charge in [-0.2, -0.15) is 0 Å². The molecule has 2 aromatic rings. The Morgan fingerprint density at radius 2 is 1.64 bits per heavy atom. The first-order valence-corrected chi connectivity index (χ1v) is 9.38. The first kappa shape index (κ1) is 21.9. The predicted octanol–water partition coefficient (Wildman–Crippen LogP) is 3.10. The fourth-order valence-electron chi connectivity index (χ4n) is 3.44. The average molecular weight is 403 g/mol. The van der Waals surface area contributed by atoms with Gasteiger partial charge in [0.05, 0.1) is 5.54 Å². The van der Waals surface area contributed by atoms with Crippen LogP contribution < -0.4 is 5.73 Å². The summed E-state index contributed by atoms with van der Waals surface area (Å²) < 4.78 is 5.30. The molecule has 1 saturated heterocycles. The van der Waals surface area contributed by atoms with Crippen LogP contribution >= 0.6 is 12.4 Å². The van der Waals surface area contributed by atoms with Crippen molar-refractivity contribution in [3.05, 3.63) is 71.8 Å². The lowest BCUT2D eigenvalue weighted by Gasteiger charge is -2.38. The van der Waals surface area contributed by atoms with E-state index >= 15 is 0 Å². The summed E-state index contributed by atoms with van der Waals surface area (Å²) in [7, 11) is 0. The second-order valence-corrected chi connectivity index (χ2v) is 7.12. The number of carbonyl (C=O) groups is 2. The number of rotatable bonds is 7. The molecule has 3 rings (SSSR count). The van der Waals surface area contributed by atoms with Crippen LogP contribution in [0.3, 0.4) is 0 Å². The number of halogens is 1. The molecule has 1 fully saturated rings. The van der Waals surface area contributed by atoms with Gasteiger partial charge >= 0.3 is 5.97 Å². The van der Waals surface area contributed by atoms with Crippen LogP contribution in [0.25, 0.3) is 0 Å². The molecule has 0 radical (unpaired) electrons. The van der Waals surface area contributed by atoms with E-state index in [1.54, 1.807) is 4.90 Å². The van der Waals surface area contributed by atoms with Gasteiger partial charge in [0.25, 0.3) is 0 Å². The first-order valence-electron chi connectivity index (χ1n) is 9.38. The van der Waals surface area contributed by atoms with E-state index in [9.17, 15) is 9.59 Å². The van der Waals surface area contributed by atoms with E-state index in [1.165, 1.54) is 0 Å². The smallest absolute Gasteiger partial charge is 0.325 e. The molecule has 0 aromatic heterocycles. The zero-order chi connectivity index (χ0) is 19.1. The largest absolute Gasteiger partial charge is 0.459 e. The highest BCUT2D eigenvalue weighted by molar-refractivity contribution is 5.89. The van der Waals surface area contributed by atoms with Crippen LogP contribution in [0.15, 0.2) is 60.7 Å².